The van der Waals surface area contributed by atoms with Gasteiger partial charge in [-0.3, -0.25) is 24.4 Å². The monoisotopic (exact) mass is 548 g/mol. The summed E-state index contributed by atoms with van der Waals surface area (Å²) < 4.78 is 19.1. The second-order valence-corrected chi connectivity index (χ2v) is 11.7. The third-order valence-corrected chi connectivity index (χ3v) is 9.96. The van der Waals surface area contributed by atoms with Crippen LogP contribution >= 0.6 is 24.0 Å². The molecule has 0 bridgehead atoms. The van der Waals surface area contributed by atoms with E-state index in [2.05, 4.69) is 4.98 Å². The molecule has 2 fully saturated rings. The van der Waals surface area contributed by atoms with Gasteiger partial charge in [-0.05, 0) is 60.6 Å². The molecule has 0 saturated carbocycles. The number of hydrogen-bond acceptors (Lipinski definition) is 7. The summed E-state index contributed by atoms with van der Waals surface area (Å²) in [7, 11) is 5.10. The van der Waals surface area contributed by atoms with Crippen LogP contribution in [-0.2, 0) is 21.7 Å². The van der Waals surface area contributed by atoms with Crippen LogP contribution in [0.4, 0.5) is 10.1 Å². The second-order valence-electron chi connectivity index (χ2n) is 9.79. The number of thioether (sulfide) groups is 1. The number of fused-ring (bicyclic) bond motifs is 3. The van der Waals surface area contributed by atoms with Crippen LogP contribution < -0.4 is 9.64 Å². The number of likely N-dealkylation sites (N-methyl/N-ethyl adjacent to an activating group) is 2. The van der Waals surface area contributed by atoms with E-state index in [4.69, 9.17) is 17.0 Å². The number of anilines is 1. The van der Waals surface area contributed by atoms with E-state index in [0.29, 0.717) is 27.9 Å². The van der Waals surface area contributed by atoms with Crippen LogP contribution in [-0.4, -0.2) is 63.4 Å². The lowest BCUT2D eigenvalue weighted by molar-refractivity contribution is -0.139. The number of likely N-dealkylation sites (tertiary alicyclic amines) is 1. The van der Waals surface area contributed by atoms with E-state index in [1.54, 1.807) is 37.5 Å². The van der Waals surface area contributed by atoms with Crippen LogP contribution in [0.25, 0.3) is 0 Å². The number of amides is 2. The number of ether oxygens (including phenoxy) is 1. The number of pyridine rings is 1. The fourth-order valence-corrected chi connectivity index (χ4v) is 8.44. The van der Waals surface area contributed by atoms with Crippen molar-refractivity contribution in [2.75, 3.05) is 32.6 Å². The highest BCUT2D eigenvalue weighted by Gasteiger charge is 2.78. The Hall–Kier alpha value is -3.34. The first kappa shape index (κ1) is 25.0. The Morgan fingerprint density at radius 1 is 1.08 bits per heavy atom. The van der Waals surface area contributed by atoms with Gasteiger partial charge in [-0.2, -0.15) is 0 Å². The normalized spacial score (nSPS) is 26.7. The number of carbonyl (C=O) groups is 2. The van der Waals surface area contributed by atoms with Crippen molar-refractivity contribution < 1.29 is 18.7 Å². The van der Waals surface area contributed by atoms with Gasteiger partial charge >= 0.3 is 0 Å². The molecule has 194 valence electrons. The van der Waals surface area contributed by atoms with Gasteiger partial charge < -0.3 is 9.64 Å². The van der Waals surface area contributed by atoms with Crippen LogP contribution in [0.3, 0.4) is 0 Å². The van der Waals surface area contributed by atoms with Gasteiger partial charge in [0, 0.05) is 43.2 Å². The van der Waals surface area contributed by atoms with E-state index < -0.39 is 22.0 Å². The van der Waals surface area contributed by atoms with Gasteiger partial charge in [-0.25, -0.2) is 4.39 Å². The van der Waals surface area contributed by atoms with Crippen molar-refractivity contribution in [1.29, 1.82) is 0 Å². The molecule has 3 aliphatic rings. The van der Waals surface area contributed by atoms with Crippen LogP contribution in [0.5, 0.6) is 5.75 Å². The Morgan fingerprint density at radius 2 is 1.79 bits per heavy atom. The number of benzene rings is 2. The van der Waals surface area contributed by atoms with Crippen molar-refractivity contribution in [3.63, 3.8) is 0 Å². The second kappa shape index (κ2) is 8.86. The molecular weight excluding hydrogens is 523 g/mol. The average Bonchev–Trinajstić information content (AvgIpc) is 3.43. The van der Waals surface area contributed by atoms with E-state index in [-0.39, 0.29) is 18.4 Å². The Kier molecular flexibility index (Phi) is 5.82. The molecule has 6 rings (SSSR count). The molecule has 38 heavy (non-hydrogen) atoms. The van der Waals surface area contributed by atoms with Crippen molar-refractivity contribution in [3.8, 4) is 5.75 Å². The maximum Gasteiger partial charge on any atom is 0.254 e. The number of hydrogen-bond donors (Lipinski definition) is 0. The highest BCUT2D eigenvalue weighted by atomic mass is 32.2. The number of thiocarbonyl (C=S) groups is 1. The Labute approximate surface area is 229 Å². The summed E-state index contributed by atoms with van der Waals surface area (Å²) in [5.41, 5.74) is 1.37. The lowest BCUT2D eigenvalue weighted by atomic mass is 9.72. The van der Waals surface area contributed by atoms with Gasteiger partial charge in [0.1, 0.15) is 20.6 Å². The number of carbonyl (C=O) groups excluding carboxylic acids is 2. The number of methoxy groups -OCH3 is 1. The predicted molar refractivity (Wildman–Crippen MR) is 148 cm³/mol. The molecule has 0 aliphatic carbocycles. The molecule has 2 saturated heterocycles. The van der Waals surface area contributed by atoms with E-state index in [1.807, 2.05) is 48.3 Å². The quantitative estimate of drug-likeness (QED) is 0.458. The summed E-state index contributed by atoms with van der Waals surface area (Å²) >= 11 is 7.09. The topological polar surface area (TPSA) is 66.0 Å². The zero-order valence-electron chi connectivity index (χ0n) is 21.1. The molecule has 1 aromatic heterocycles. The highest BCUT2D eigenvalue weighted by Crippen LogP contribution is 2.66. The molecule has 2 aromatic carbocycles. The predicted octanol–water partition coefficient (Wildman–Crippen LogP) is 3.93. The Bertz CT molecular complexity index is 1470. The van der Waals surface area contributed by atoms with Crippen molar-refractivity contribution in [3.05, 3.63) is 89.5 Å². The lowest BCUT2D eigenvalue weighted by Crippen LogP contribution is -2.62. The van der Waals surface area contributed by atoms with Crippen LogP contribution in [0.2, 0.25) is 0 Å². The minimum Gasteiger partial charge on any atom is -0.497 e. The number of halogens is 1. The first-order valence-corrected chi connectivity index (χ1v) is 13.4. The first-order valence-electron chi connectivity index (χ1n) is 12.1. The summed E-state index contributed by atoms with van der Waals surface area (Å²) in [6.07, 6.45) is 3.36. The molecule has 3 aliphatic heterocycles. The van der Waals surface area contributed by atoms with Crippen LogP contribution in [0.1, 0.15) is 22.6 Å². The molecular formula is C28H25FN4O3S2. The average molecular weight is 549 g/mol. The maximum absolute atomic E-state index is 14.8. The van der Waals surface area contributed by atoms with Crippen molar-refractivity contribution in [2.45, 2.75) is 22.7 Å². The van der Waals surface area contributed by atoms with Crippen molar-refractivity contribution >= 4 is 45.8 Å². The van der Waals surface area contributed by atoms with E-state index in [9.17, 15) is 14.0 Å². The Balaban J connectivity index is 1.56. The smallest absolute Gasteiger partial charge is 0.254 e. The molecule has 3 atom stereocenters. The molecule has 10 heteroatoms. The molecule has 3 aromatic rings. The van der Waals surface area contributed by atoms with Crippen molar-refractivity contribution in [1.82, 2.24) is 14.8 Å². The third kappa shape index (κ3) is 3.17. The maximum atomic E-state index is 14.8. The SMILES string of the molecule is COc1ccc(CN2C(=O)[C@]3(SC2=S)[C@H](c2ccncc2)CN(C)[C@]32C(=O)N(C)c3ccc(F)cc32)cc1. The fraction of sp³-hybridized carbons (Fsp3) is 0.286. The molecule has 0 unspecified atom stereocenters. The van der Waals surface area contributed by atoms with E-state index in [0.717, 1.165) is 11.1 Å². The zero-order chi connectivity index (χ0) is 26.8. The van der Waals surface area contributed by atoms with Gasteiger partial charge in [0.15, 0.2) is 5.54 Å². The molecule has 0 radical (unpaired) electrons. The van der Waals surface area contributed by atoms with Gasteiger partial charge in [-0.1, -0.05) is 36.1 Å². The number of rotatable bonds is 4. The summed E-state index contributed by atoms with van der Waals surface area (Å²) in [6, 6.07) is 15.5. The van der Waals surface area contributed by atoms with Gasteiger partial charge in [-0.15, -0.1) is 0 Å². The summed E-state index contributed by atoms with van der Waals surface area (Å²) in [6.45, 7) is 0.649. The number of nitrogens with zero attached hydrogens (tertiary/aromatic N) is 4. The molecule has 2 amide bonds. The van der Waals surface area contributed by atoms with E-state index in [1.165, 1.54) is 28.8 Å². The van der Waals surface area contributed by atoms with Crippen LogP contribution in [0.15, 0.2) is 67.0 Å². The summed E-state index contributed by atoms with van der Waals surface area (Å²) in [5, 5.41) is 0. The summed E-state index contributed by atoms with van der Waals surface area (Å²) in [4.78, 5) is 38.3. The van der Waals surface area contributed by atoms with Gasteiger partial charge in [0.05, 0.1) is 13.7 Å². The fourth-order valence-electron chi connectivity index (χ4n) is 6.32. The number of aromatic nitrogens is 1. The molecule has 0 N–H and O–H groups in total. The minimum atomic E-state index is -1.45. The van der Waals surface area contributed by atoms with Crippen molar-refractivity contribution in [2.24, 2.45) is 0 Å². The van der Waals surface area contributed by atoms with Crippen LogP contribution in [0, 0.1) is 5.82 Å². The zero-order valence-corrected chi connectivity index (χ0v) is 22.7. The summed E-state index contributed by atoms with van der Waals surface area (Å²) in [5.74, 6) is -0.684. The third-order valence-electron chi connectivity index (χ3n) is 8.02. The highest BCUT2D eigenvalue weighted by molar-refractivity contribution is 8.25. The molecule has 4 heterocycles. The van der Waals surface area contributed by atoms with E-state index >= 15 is 0 Å². The Morgan fingerprint density at radius 3 is 2.47 bits per heavy atom. The van der Waals surface area contributed by atoms with Gasteiger partial charge in [0.25, 0.3) is 5.91 Å². The molecule has 7 nitrogen and oxygen atoms in total. The first-order chi connectivity index (χ1) is 18.3. The van der Waals surface area contributed by atoms with Gasteiger partial charge in [0.2, 0.25) is 5.91 Å². The minimum absolute atomic E-state index is 0.249. The lowest BCUT2D eigenvalue weighted by Gasteiger charge is -2.42. The largest absolute Gasteiger partial charge is 0.497 e. The standard InChI is InChI=1S/C28H25FN4O3S2/c1-31-16-22(18-10-12-30-13-11-18)28(27(31)21-14-19(29)6-9-23(21)32(2)24(27)34)25(35)33(26(37)38-28)15-17-4-7-20(36-3)8-5-17/h4-14,22H,15-16H2,1-3H3/t22-,27+,28+/m0/s1. The molecule has 2 spiro atoms.